The maximum absolute atomic E-state index is 12.4. The minimum Gasteiger partial charge on any atom is -0.508 e. The number of aromatic hydroxyl groups is 2. The molecular weight excluding hydrogens is 372 g/mol. The van der Waals surface area contributed by atoms with Crippen LogP contribution in [0.25, 0.3) is 11.6 Å². The molecule has 3 heterocycles. The second kappa shape index (κ2) is 7.63. The van der Waals surface area contributed by atoms with Crippen LogP contribution in [0, 0.1) is 0 Å². The number of carbonyl (C=O) groups excluding carboxylic acids is 1. The quantitative estimate of drug-likeness (QED) is 0.635. The van der Waals surface area contributed by atoms with Gasteiger partial charge >= 0.3 is 5.97 Å². The summed E-state index contributed by atoms with van der Waals surface area (Å²) < 4.78 is 10.9. The van der Waals surface area contributed by atoms with Gasteiger partial charge in [0.15, 0.2) is 17.3 Å². The molecule has 0 radical (unpaired) electrons. The van der Waals surface area contributed by atoms with Crippen LogP contribution in [-0.4, -0.2) is 34.0 Å². The number of allylic oxidation sites excluding steroid dienone is 1. The molecule has 0 spiro atoms. The first-order valence-electron chi connectivity index (χ1n) is 9.08. The molecule has 7 nitrogen and oxygen atoms in total. The number of hydrogen-bond donors (Lipinski definition) is 2. The summed E-state index contributed by atoms with van der Waals surface area (Å²) in [5.74, 6) is -0.0452. The summed E-state index contributed by atoms with van der Waals surface area (Å²) in [5.41, 5.74) is 2.00. The fourth-order valence-electron chi connectivity index (χ4n) is 3.14. The molecule has 0 amide bonds. The number of carbonyl (C=O) groups is 1. The molecule has 0 atom stereocenters. The van der Waals surface area contributed by atoms with E-state index in [9.17, 15) is 15.0 Å². The van der Waals surface area contributed by atoms with Gasteiger partial charge in [0.1, 0.15) is 17.1 Å². The summed E-state index contributed by atoms with van der Waals surface area (Å²) in [6.07, 6.45) is 4.98. The van der Waals surface area contributed by atoms with Crippen molar-refractivity contribution in [3.8, 4) is 11.5 Å². The summed E-state index contributed by atoms with van der Waals surface area (Å²) in [6.45, 7) is 1.83. The normalized spacial score (nSPS) is 13.6. The van der Waals surface area contributed by atoms with Gasteiger partial charge in [0.25, 0.3) is 0 Å². The smallest absolute Gasteiger partial charge is 0.345 e. The van der Waals surface area contributed by atoms with E-state index in [1.54, 1.807) is 55.7 Å². The lowest BCUT2D eigenvalue weighted by atomic mass is 10.1. The van der Waals surface area contributed by atoms with Crippen LogP contribution in [0.2, 0.25) is 0 Å². The topological polar surface area (TPSA) is 105 Å². The first kappa shape index (κ1) is 18.5. The Bertz CT molecular complexity index is 1140. The monoisotopic (exact) mass is 390 g/mol. The second-order valence-corrected chi connectivity index (χ2v) is 6.37. The van der Waals surface area contributed by atoms with E-state index < -0.39 is 5.97 Å². The average molecular weight is 390 g/mol. The Hall–Kier alpha value is -3.87. The lowest BCUT2D eigenvalue weighted by Crippen LogP contribution is -2.06. The van der Waals surface area contributed by atoms with Crippen molar-refractivity contribution in [1.29, 1.82) is 0 Å². The number of hydrogen-bond acceptors (Lipinski definition) is 7. The Balaban J connectivity index is 1.78. The number of benzene rings is 1. The standard InChI is InChI=1S/C22H18N2O5/c1-2-28-22(27)19-17(10-13-6-3-4-8-16(13)25)29-18(20(19)26)11-14-12-24-21-15(14)7-5-9-23-21/h3-9,11-12,25-26H,2,10H2,1H3. The van der Waals surface area contributed by atoms with Gasteiger partial charge in [-0.2, -0.15) is 0 Å². The third-order valence-electron chi connectivity index (χ3n) is 4.51. The van der Waals surface area contributed by atoms with Crippen molar-refractivity contribution >= 4 is 29.7 Å². The van der Waals surface area contributed by atoms with Gasteiger partial charge < -0.3 is 19.4 Å². The van der Waals surface area contributed by atoms with Crippen molar-refractivity contribution in [3.63, 3.8) is 0 Å². The number of nitrogens with zero attached hydrogens (tertiary/aromatic N) is 2. The molecule has 7 heteroatoms. The van der Waals surface area contributed by atoms with Gasteiger partial charge in [0, 0.05) is 35.5 Å². The van der Waals surface area contributed by atoms with E-state index in [0.29, 0.717) is 17.0 Å². The van der Waals surface area contributed by atoms with Gasteiger partial charge in [-0.1, -0.05) is 18.2 Å². The Morgan fingerprint density at radius 2 is 2.03 bits per heavy atom. The molecule has 0 bridgehead atoms. The first-order chi connectivity index (χ1) is 14.1. The van der Waals surface area contributed by atoms with Gasteiger partial charge in [-0.05, 0) is 31.2 Å². The van der Waals surface area contributed by atoms with Crippen LogP contribution in [0.3, 0.4) is 0 Å². The van der Waals surface area contributed by atoms with E-state index in [4.69, 9.17) is 9.15 Å². The highest BCUT2D eigenvalue weighted by Crippen LogP contribution is 2.37. The minimum atomic E-state index is -0.689. The zero-order chi connectivity index (χ0) is 20.4. The molecule has 1 aliphatic heterocycles. The predicted molar refractivity (Wildman–Crippen MR) is 108 cm³/mol. The van der Waals surface area contributed by atoms with Crippen molar-refractivity contribution in [2.45, 2.75) is 13.3 Å². The van der Waals surface area contributed by atoms with Gasteiger partial charge in [-0.25, -0.2) is 14.8 Å². The van der Waals surface area contributed by atoms with E-state index in [2.05, 4.69) is 9.98 Å². The molecule has 2 N–H and O–H groups in total. The molecule has 3 aromatic rings. The van der Waals surface area contributed by atoms with Crippen molar-refractivity contribution in [2.75, 3.05) is 6.61 Å². The molecule has 1 aliphatic rings. The summed E-state index contributed by atoms with van der Waals surface area (Å²) in [6, 6.07) is 10.4. The van der Waals surface area contributed by atoms with Gasteiger partial charge in [0.2, 0.25) is 0 Å². The van der Waals surface area contributed by atoms with Crippen LogP contribution < -0.4 is 0 Å². The van der Waals surface area contributed by atoms with E-state index in [1.165, 1.54) is 0 Å². The number of para-hydroxylation sites is 1. The molecule has 29 heavy (non-hydrogen) atoms. The van der Waals surface area contributed by atoms with Gasteiger partial charge in [-0.3, -0.25) is 0 Å². The number of furan rings is 1. The maximum atomic E-state index is 12.4. The summed E-state index contributed by atoms with van der Waals surface area (Å²) in [5, 5.41) is 20.8. The lowest BCUT2D eigenvalue weighted by Gasteiger charge is -2.05. The van der Waals surface area contributed by atoms with Crippen molar-refractivity contribution in [1.82, 2.24) is 4.98 Å². The molecule has 0 unspecified atom stereocenters. The highest BCUT2D eigenvalue weighted by molar-refractivity contribution is 6.21. The zero-order valence-electron chi connectivity index (χ0n) is 15.6. The number of esters is 1. The van der Waals surface area contributed by atoms with E-state index >= 15 is 0 Å². The highest BCUT2D eigenvalue weighted by atomic mass is 16.5. The Labute approximate surface area is 166 Å². The lowest BCUT2D eigenvalue weighted by molar-refractivity contribution is 0.0521. The molecule has 0 saturated heterocycles. The molecule has 2 aromatic heterocycles. The van der Waals surface area contributed by atoms with Crippen LogP contribution in [0.15, 0.2) is 52.0 Å². The summed E-state index contributed by atoms with van der Waals surface area (Å²) in [7, 11) is 0. The van der Waals surface area contributed by atoms with Crippen molar-refractivity contribution in [2.24, 2.45) is 4.99 Å². The summed E-state index contributed by atoms with van der Waals surface area (Å²) >= 11 is 0. The largest absolute Gasteiger partial charge is 0.508 e. The van der Waals surface area contributed by atoms with E-state index in [1.807, 2.05) is 6.07 Å². The predicted octanol–water partition coefficient (Wildman–Crippen LogP) is 4.11. The van der Waals surface area contributed by atoms with Crippen LogP contribution >= 0.6 is 0 Å². The third-order valence-corrected chi connectivity index (χ3v) is 4.51. The van der Waals surface area contributed by atoms with Crippen LogP contribution in [0.4, 0.5) is 5.82 Å². The Morgan fingerprint density at radius 3 is 2.83 bits per heavy atom. The van der Waals surface area contributed by atoms with Gasteiger partial charge in [-0.15, -0.1) is 0 Å². The SMILES string of the molecule is CCOC(=O)c1c(Cc2ccccc2O)oc(C=C2C=Nc3ncccc32)c1O. The van der Waals surface area contributed by atoms with Crippen molar-refractivity contribution in [3.05, 3.63) is 70.8 Å². The number of fused-ring (bicyclic) bond motifs is 1. The average Bonchev–Trinajstić information content (AvgIpc) is 3.25. The zero-order valence-corrected chi connectivity index (χ0v) is 15.6. The minimum absolute atomic E-state index is 0.0525. The fraction of sp³-hybridized carbons (Fsp3) is 0.136. The van der Waals surface area contributed by atoms with Gasteiger partial charge in [0.05, 0.1) is 6.61 Å². The molecular formula is C22H18N2O5. The highest BCUT2D eigenvalue weighted by Gasteiger charge is 2.27. The number of rotatable bonds is 5. The Kier molecular flexibility index (Phi) is 4.87. The number of aliphatic imine (C=N–C) groups is 1. The van der Waals surface area contributed by atoms with Crippen molar-refractivity contribution < 1.29 is 24.2 Å². The van der Waals surface area contributed by atoms with Crippen LogP contribution in [0.1, 0.15) is 39.9 Å². The second-order valence-electron chi connectivity index (χ2n) is 6.37. The molecule has 146 valence electrons. The molecule has 0 saturated carbocycles. The molecule has 1 aromatic carbocycles. The fourth-order valence-corrected chi connectivity index (χ4v) is 3.14. The first-order valence-corrected chi connectivity index (χ1v) is 9.08. The molecule has 0 fully saturated rings. The van der Waals surface area contributed by atoms with Crippen LogP contribution in [0.5, 0.6) is 11.5 Å². The Morgan fingerprint density at radius 1 is 1.21 bits per heavy atom. The maximum Gasteiger partial charge on any atom is 0.345 e. The third kappa shape index (κ3) is 3.50. The summed E-state index contributed by atoms with van der Waals surface area (Å²) in [4.78, 5) is 20.9. The number of pyridine rings is 1. The van der Waals surface area contributed by atoms with Crippen LogP contribution in [-0.2, 0) is 11.2 Å². The molecule has 0 aliphatic carbocycles. The number of phenols is 1. The number of ether oxygens (including phenoxy) is 1. The van der Waals surface area contributed by atoms with E-state index in [-0.39, 0.29) is 41.6 Å². The molecule has 4 rings (SSSR count). The number of aromatic nitrogens is 1. The van der Waals surface area contributed by atoms with E-state index in [0.717, 1.165) is 5.56 Å². The number of phenolic OH excluding ortho intramolecular Hbond substituents is 1.